The zero-order valence-corrected chi connectivity index (χ0v) is 19.7. The maximum atomic E-state index is 13.7. The predicted molar refractivity (Wildman–Crippen MR) is 118 cm³/mol. The van der Waals surface area contributed by atoms with Crippen LogP contribution in [0.4, 0.5) is 4.39 Å². The van der Waals surface area contributed by atoms with Gasteiger partial charge in [0.05, 0.1) is 21.2 Å². The van der Waals surface area contributed by atoms with E-state index in [0.717, 1.165) is 16.9 Å². The molecule has 0 spiro atoms. The third-order valence-electron chi connectivity index (χ3n) is 4.97. The van der Waals surface area contributed by atoms with Gasteiger partial charge in [-0.3, -0.25) is 4.79 Å². The summed E-state index contributed by atoms with van der Waals surface area (Å²) >= 11 is 8.04. The van der Waals surface area contributed by atoms with Crippen LogP contribution < -0.4 is 4.80 Å². The van der Waals surface area contributed by atoms with Crippen LogP contribution in [0.1, 0.15) is 12.8 Å². The van der Waals surface area contributed by atoms with Gasteiger partial charge in [0.15, 0.2) is 4.80 Å². The largest absolute Gasteiger partial charge is 0.383 e. The van der Waals surface area contributed by atoms with Gasteiger partial charge in [0.1, 0.15) is 16.1 Å². The number of rotatable bonds is 6. The van der Waals surface area contributed by atoms with Crippen LogP contribution in [-0.4, -0.2) is 49.5 Å². The number of amides is 1. The molecule has 31 heavy (non-hydrogen) atoms. The number of thiophene rings is 1. The molecule has 1 fully saturated rings. The lowest BCUT2D eigenvalue weighted by Gasteiger charge is -2.20. The summed E-state index contributed by atoms with van der Waals surface area (Å²) in [5.41, 5.74) is 0.735. The smallest absolute Gasteiger partial charge is 0.266 e. The molecule has 3 aromatic rings. The molecule has 0 aliphatic carbocycles. The SMILES string of the molecule is COCCn1c(=NC(=O)C2CCCN2S(=O)(=O)c2ccc(Cl)s2)sc2cc(F)ccc21. The third-order valence-corrected chi connectivity index (χ3v) is 9.62. The number of nitrogens with zero attached hydrogens (tertiary/aromatic N) is 3. The van der Waals surface area contributed by atoms with Crippen molar-refractivity contribution in [2.75, 3.05) is 20.3 Å². The van der Waals surface area contributed by atoms with Crippen molar-refractivity contribution in [2.24, 2.45) is 4.99 Å². The van der Waals surface area contributed by atoms with Crippen molar-refractivity contribution in [2.45, 2.75) is 29.6 Å². The Kier molecular flexibility index (Phi) is 6.61. The van der Waals surface area contributed by atoms with Gasteiger partial charge >= 0.3 is 0 Å². The fourth-order valence-electron chi connectivity index (χ4n) is 3.53. The van der Waals surface area contributed by atoms with Gasteiger partial charge in [-0.2, -0.15) is 9.30 Å². The molecule has 1 saturated heterocycles. The maximum Gasteiger partial charge on any atom is 0.266 e. The molecule has 1 aromatic carbocycles. The molecule has 1 unspecified atom stereocenters. The second-order valence-electron chi connectivity index (χ2n) is 6.92. The highest BCUT2D eigenvalue weighted by Gasteiger charge is 2.40. The van der Waals surface area contributed by atoms with Gasteiger partial charge in [0, 0.05) is 20.2 Å². The Balaban J connectivity index is 1.71. The minimum absolute atomic E-state index is 0.102. The van der Waals surface area contributed by atoms with E-state index in [0.29, 0.717) is 39.8 Å². The molecule has 2 aromatic heterocycles. The van der Waals surface area contributed by atoms with E-state index in [1.54, 1.807) is 17.7 Å². The highest BCUT2D eigenvalue weighted by atomic mass is 35.5. The van der Waals surface area contributed by atoms with Crippen LogP contribution >= 0.6 is 34.3 Å². The number of benzene rings is 1. The lowest BCUT2D eigenvalue weighted by molar-refractivity contribution is -0.121. The Morgan fingerprint density at radius 3 is 2.84 bits per heavy atom. The van der Waals surface area contributed by atoms with Gasteiger partial charge in [0.2, 0.25) is 0 Å². The molecule has 4 rings (SSSR count). The summed E-state index contributed by atoms with van der Waals surface area (Å²) in [4.78, 5) is 17.7. The zero-order chi connectivity index (χ0) is 22.2. The molecule has 0 saturated carbocycles. The summed E-state index contributed by atoms with van der Waals surface area (Å²) in [6, 6.07) is 6.45. The number of carbonyl (C=O) groups excluding carboxylic acids is 1. The fraction of sp³-hybridized carbons (Fsp3) is 0.368. The lowest BCUT2D eigenvalue weighted by atomic mass is 10.2. The fourth-order valence-corrected chi connectivity index (χ4v) is 7.88. The van der Waals surface area contributed by atoms with Gasteiger partial charge in [-0.15, -0.1) is 11.3 Å². The summed E-state index contributed by atoms with van der Waals surface area (Å²) in [5, 5.41) is 0. The summed E-state index contributed by atoms with van der Waals surface area (Å²) in [6.45, 7) is 1.05. The highest BCUT2D eigenvalue weighted by Crippen LogP contribution is 2.32. The first-order valence-electron chi connectivity index (χ1n) is 9.45. The third kappa shape index (κ3) is 4.48. The minimum atomic E-state index is -3.85. The topological polar surface area (TPSA) is 81.0 Å². The monoisotopic (exact) mass is 503 g/mol. The predicted octanol–water partition coefficient (Wildman–Crippen LogP) is 3.48. The Bertz CT molecular complexity index is 1300. The van der Waals surface area contributed by atoms with Crippen LogP contribution in [0, 0.1) is 5.82 Å². The second kappa shape index (κ2) is 9.08. The van der Waals surface area contributed by atoms with Crippen molar-refractivity contribution >= 4 is 60.4 Å². The summed E-state index contributed by atoms with van der Waals surface area (Å²) in [7, 11) is -2.28. The number of halogens is 2. The van der Waals surface area contributed by atoms with Crippen LogP contribution in [0.2, 0.25) is 4.34 Å². The first-order chi connectivity index (χ1) is 14.8. The summed E-state index contributed by atoms with van der Waals surface area (Å²) in [5.74, 6) is -0.921. The van der Waals surface area contributed by atoms with E-state index in [2.05, 4.69) is 4.99 Å². The quantitative estimate of drug-likeness (QED) is 0.515. The Morgan fingerprint density at radius 2 is 2.13 bits per heavy atom. The Hall–Kier alpha value is -1.63. The number of methoxy groups -OCH3 is 1. The number of hydrogen-bond donors (Lipinski definition) is 0. The number of sulfonamides is 1. The van der Waals surface area contributed by atoms with E-state index >= 15 is 0 Å². The van der Waals surface area contributed by atoms with Crippen molar-refractivity contribution in [3.63, 3.8) is 0 Å². The zero-order valence-electron chi connectivity index (χ0n) is 16.5. The molecule has 1 aliphatic rings. The van der Waals surface area contributed by atoms with Gasteiger partial charge < -0.3 is 9.30 Å². The summed E-state index contributed by atoms with van der Waals surface area (Å²) < 4.78 is 49.0. The number of carbonyl (C=O) groups is 1. The maximum absolute atomic E-state index is 13.7. The summed E-state index contributed by atoms with van der Waals surface area (Å²) in [6.07, 6.45) is 0.948. The molecule has 7 nitrogen and oxygen atoms in total. The van der Waals surface area contributed by atoms with Crippen LogP contribution in [0.25, 0.3) is 10.2 Å². The van der Waals surface area contributed by atoms with E-state index in [1.807, 2.05) is 0 Å². The van der Waals surface area contributed by atoms with Crippen molar-refractivity contribution in [1.29, 1.82) is 0 Å². The van der Waals surface area contributed by atoms with E-state index < -0.39 is 22.0 Å². The van der Waals surface area contributed by atoms with E-state index in [-0.39, 0.29) is 16.6 Å². The molecule has 166 valence electrons. The number of fused-ring (bicyclic) bond motifs is 1. The minimum Gasteiger partial charge on any atom is -0.383 e. The molecule has 0 bridgehead atoms. The Morgan fingerprint density at radius 1 is 1.32 bits per heavy atom. The van der Waals surface area contributed by atoms with Gasteiger partial charge in [0.25, 0.3) is 15.9 Å². The lowest BCUT2D eigenvalue weighted by Crippen LogP contribution is -2.40. The van der Waals surface area contributed by atoms with Gasteiger partial charge in [-0.05, 0) is 43.2 Å². The number of hydrogen-bond acceptors (Lipinski definition) is 6. The molecule has 0 N–H and O–H groups in total. The first kappa shape index (κ1) is 22.6. The van der Waals surface area contributed by atoms with Crippen LogP contribution in [0.5, 0.6) is 0 Å². The van der Waals surface area contributed by atoms with Crippen LogP contribution in [0.3, 0.4) is 0 Å². The van der Waals surface area contributed by atoms with E-state index in [1.165, 1.54) is 39.9 Å². The average molecular weight is 504 g/mol. The molecule has 1 atom stereocenters. The van der Waals surface area contributed by atoms with Crippen molar-refractivity contribution in [3.05, 3.63) is 45.3 Å². The highest BCUT2D eigenvalue weighted by molar-refractivity contribution is 7.91. The Labute approximate surface area is 191 Å². The molecule has 1 aliphatic heterocycles. The van der Waals surface area contributed by atoms with Crippen LogP contribution in [-0.2, 0) is 26.1 Å². The first-order valence-corrected chi connectivity index (χ1v) is 12.9. The molecule has 3 heterocycles. The van der Waals surface area contributed by atoms with E-state index in [4.69, 9.17) is 16.3 Å². The van der Waals surface area contributed by atoms with E-state index in [9.17, 15) is 17.6 Å². The van der Waals surface area contributed by atoms with Crippen molar-refractivity contribution < 1.29 is 22.3 Å². The molecular weight excluding hydrogens is 485 g/mol. The molecule has 0 radical (unpaired) electrons. The standard InChI is InChI=1S/C19H19ClFN3O4S3/c1-28-10-9-23-13-5-4-12(21)11-15(13)29-19(23)22-18(25)14-3-2-8-24(14)31(26,27)17-7-6-16(20)30-17/h4-7,11,14H,2-3,8-10H2,1H3. The average Bonchev–Trinajstić information content (AvgIpc) is 3.44. The molecule has 1 amide bonds. The van der Waals surface area contributed by atoms with Crippen molar-refractivity contribution in [1.82, 2.24) is 8.87 Å². The number of thiazole rings is 1. The molecule has 12 heteroatoms. The number of ether oxygens (including phenoxy) is 1. The molecular formula is C19H19ClFN3O4S3. The van der Waals surface area contributed by atoms with Crippen molar-refractivity contribution in [3.8, 4) is 0 Å². The van der Waals surface area contributed by atoms with Gasteiger partial charge in [-0.1, -0.05) is 22.9 Å². The van der Waals surface area contributed by atoms with Gasteiger partial charge in [-0.25, -0.2) is 12.8 Å². The van der Waals surface area contributed by atoms with Crippen LogP contribution in [0.15, 0.2) is 39.5 Å². The second-order valence-corrected chi connectivity index (χ2v) is 11.8. The normalized spacial score (nSPS) is 18.3. The number of aromatic nitrogens is 1.